The molecule has 0 atom stereocenters. The molecule has 1 nitrogen and oxygen atoms in total. The fourth-order valence-corrected chi connectivity index (χ4v) is 2.05. The van der Waals surface area contributed by atoms with Crippen molar-refractivity contribution < 1.29 is 0 Å². The summed E-state index contributed by atoms with van der Waals surface area (Å²) in [5.74, 6) is 0.891. The Hall–Kier alpha value is -0.820. The Labute approximate surface area is 92.9 Å². The maximum absolute atomic E-state index is 3.19. The van der Waals surface area contributed by atoms with E-state index in [0.29, 0.717) is 0 Å². The second kappa shape index (κ2) is 5.32. The van der Waals surface area contributed by atoms with Crippen LogP contribution in [0.4, 0.5) is 0 Å². The van der Waals surface area contributed by atoms with E-state index >= 15 is 0 Å². The molecule has 0 spiro atoms. The number of aryl methyl sites for hydroxylation is 1. The summed E-state index contributed by atoms with van der Waals surface area (Å²) in [5, 5.41) is 3.19. The second-order valence-corrected chi connectivity index (χ2v) is 4.58. The van der Waals surface area contributed by atoms with E-state index < -0.39 is 0 Å². The summed E-state index contributed by atoms with van der Waals surface area (Å²) in [6.45, 7) is 1.14. The van der Waals surface area contributed by atoms with Crippen LogP contribution in [0.1, 0.15) is 42.7 Å². The van der Waals surface area contributed by atoms with Gasteiger partial charge in [0.15, 0.2) is 0 Å². The van der Waals surface area contributed by atoms with Gasteiger partial charge in [-0.15, -0.1) is 0 Å². The molecule has 0 amide bonds. The molecular formula is C14H21N. The lowest BCUT2D eigenvalue weighted by atomic mass is 10.0. The van der Waals surface area contributed by atoms with Crippen LogP contribution in [0.15, 0.2) is 24.3 Å². The van der Waals surface area contributed by atoms with E-state index in [0.717, 1.165) is 12.5 Å². The third-order valence-electron chi connectivity index (χ3n) is 3.14. The molecule has 1 aromatic rings. The summed E-state index contributed by atoms with van der Waals surface area (Å²) in [5.41, 5.74) is 3.09. The molecule has 0 saturated heterocycles. The number of unbranched alkanes of at least 4 members (excludes halogenated alkanes) is 1. The molecule has 1 fully saturated rings. The molecule has 15 heavy (non-hydrogen) atoms. The largest absolute Gasteiger partial charge is 0.320 e. The van der Waals surface area contributed by atoms with Crippen molar-refractivity contribution in [1.82, 2.24) is 5.32 Å². The van der Waals surface area contributed by atoms with Gasteiger partial charge in [0.05, 0.1) is 0 Å². The topological polar surface area (TPSA) is 12.0 Å². The van der Waals surface area contributed by atoms with Gasteiger partial charge in [0.1, 0.15) is 0 Å². The molecule has 1 aliphatic carbocycles. The maximum Gasteiger partial charge on any atom is -0.00518 e. The number of hydrogen-bond acceptors (Lipinski definition) is 1. The molecule has 0 aromatic heterocycles. The van der Waals surface area contributed by atoms with Gasteiger partial charge in [-0.3, -0.25) is 0 Å². The highest BCUT2D eigenvalue weighted by molar-refractivity contribution is 5.29. The van der Waals surface area contributed by atoms with Crippen molar-refractivity contribution in [2.24, 2.45) is 0 Å². The van der Waals surface area contributed by atoms with Gasteiger partial charge in [0, 0.05) is 0 Å². The molecule has 0 bridgehead atoms. The predicted octanol–water partition coefficient (Wildman–Crippen LogP) is 3.11. The van der Waals surface area contributed by atoms with Crippen molar-refractivity contribution in [2.45, 2.75) is 38.0 Å². The summed E-state index contributed by atoms with van der Waals surface area (Å²) >= 11 is 0. The molecule has 1 saturated carbocycles. The zero-order valence-corrected chi connectivity index (χ0v) is 9.63. The quantitative estimate of drug-likeness (QED) is 0.700. The van der Waals surface area contributed by atoms with E-state index in [1.807, 2.05) is 7.05 Å². The molecule has 1 heteroatoms. The van der Waals surface area contributed by atoms with E-state index in [9.17, 15) is 0 Å². The Morgan fingerprint density at radius 1 is 1.27 bits per heavy atom. The molecular weight excluding hydrogens is 182 g/mol. The lowest BCUT2D eigenvalue weighted by molar-refractivity contribution is 0.677. The van der Waals surface area contributed by atoms with Gasteiger partial charge >= 0.3 is 0 Å². The molecule has 0 heterocycles. The Morgan fingerprint density at radius 2 is 2.13 bits per heavy atom. The van der Waals surface area contributed by atoms with Crippen molar-refractivity contribution in [3.8, 4) is 0 Å². The van der Waals surface area contributed by atoms with Gasteiger partial charge in [-0.05, 0) is 62.7 Å². The molecule has 2 rings (SSSR count). The SMILES string of the molecule is CNCCCCc1cccc(C2CC2)c1. The Kier molecular flexibility index (Phi) is 3.79. The van der Waals surface area contributed by atoms with Gasteiger partial charge < -0.3 is 5.32 Å². The molecule has 1 aliphatic rings. The van der Waals surface area contributed by atoms with E-state index in [1.165, 1.54) is 37.7 Å². The van der Waals surface area contributed by atoms with Crippen LogP contribution < -0.4 is 5.32 Å². The maximum atomic E-state index is 3.19. The van der Waals surface area contributed by atoms with Crippen molar-refractivity contribution in [3.63, 3.8) is 0 Å². The standard InChI is InChI=1S/C14H21N/c1-15-10-3-2-5-12-6-4-7-14(11-12)13-8-9-13/h4,6-7,11,13,15H,2-3,5,8-10H2,1H3. The van der Waals surface area contributed by atoms with Crippen LogP contribution in [0.25, 0.3) is 0 Å². The zero-order chi connectivity index (χ0) is 10.5. The highest BCUT2D eigenvalue weighted by Gasteiger charge is 2.23. The summed E-state index contributed by atoms with van der Waals surface area (Å²) in [6.07, 6.45) is 6.63. The zero-order valence-electron chi connectivity index (χ0n) is 9.63. The molecule has 1 aromatic carbocycles. The van der Waals surface area contributed by atoms with Gasteiger partial charge in [-0.25, -0.2) is 0 Å². The van der Waals surface area contributed by atoms with Crippen molar-refractivity contribution in [1.29, 1.82) is 0 Å². The molecule has 82 valence electrons. The Bertz CT molecular complexity index is 302. The summed E-state index contributed by atoms with van der Waals surface area (Å²) in [7, 11) is 2.02. The third kappa shape index (κ3) is 3.35. The Morgan fingerprint density at radius 3 is 2.87 bits per heavy atom. The van der Waals surface area contributed by atoms with Crippen LogP contribution >= 0.6 is 0 Å². The van der Waals surface area contributed by atoms with Crippen LogP contribution in [0.3, 0.4) is 0 Å². The normalized spacial score (nSPS) is 15.5. The minimum absolute atomic E-state index is 0.891. The number of benzene rings is 1. The third-order valence-corrected chi connectivity index (χ3v) is 3.14. The van der Waals surface area contributed by atoms with Gasteiger partial charge in [-0.1, -0.05) is 24.3 Å². The summed E-state index contributed by atoms with van der Waals surface area (Å²) in [6, 6.07) is 9.19. The average Bonchev–Trinajstić information content (AvgIpc) is 3.09. The predicted molar refractivity (Wildman–Crippen MR) is 65.3 cm³/mol. The molecule has 0 unspecified atom stereocenters. The van der Waals surface area contributed by atoms with Crippen LogP contribution in [0.5, 0.6) is 0 Å². The molecule has 0 radical (unpaired) electrons. The minimum atomic E-state index is 0.891. The van der Waals surface area contributed by atoms with Crippen LogP contribution in [-0.4, -0.2) is 13.6 Å². The van der Waals surface area contributed by atoms with Crippen molar-refractivity contribution in [2.75, 3.05) is 13.6 Å². The number of rotatable bonds is 6. The number of hydrogen-bond donors (Lipinski definition) is 1. The van der Waals surface area contributed by atoms with Gasteiger partial charge in [0.2, 0.25) is 0 Å². The smallest absolute Gasteiger partial charge is 0.00518 e. The first-order chi connectivity index (χ1) is 7.40. The first-order valence-electron chi connectivity index (χ1n) is 6.13. The fourth-order valence-electron chi connectivity index (χ4n) is 2.05. The monoisotopic (exact) mass is 203 g/mol. The van der Waals surface area contributed by atoms with Crippen LogP contribution in [0, 0.1) is 0 Å². The highest BCUT2D eigenvalue weighted by atomic mass is 14.8. The van der Waals surface area contributed by atoms with Crippen molar-refractivity contribution >= 4 is 0 Å². The lowest BCUT2D eigenvalue weighted by Gasteiger charge is -2.04. The summed E-state index contributed by atoms with van der Waals surface area (Å²) in [4.78, 5) is 0. The Balaban J connectivity index is 1.82. The van der Waals surface area contributed by atoms with Crippen LogP contribution in [-0.2, 0) is 6.42 Å². The summed E-state index contributed by atoms with van der Waals surface area (Å²) < 4.78 is 0. The van der Waals surface area contributed by atoms with Gasteiger partial charge in [0.25, 0.3) is 0 Å². The lowest BCUT2D eigenvalue weighted by Crippen LogP contribution is -2.07. The highest BCUT2D eigenvalue weighted by Crippen LogP contribution is 2.40. The van der Waals surface area contributed by atoms with E-state index in [2.05, 4.69) is 29.6 Å². The van der Waals surface area contributed by atoms with E-state index in [1.54, 1.807) is 5.56 Å². The van der Waals surface area contributed by atoms with Crippen molar-refractivity contribution in [3.05, 3.63) is 35.4 Å². The average molecular weight is 203 g/mol. The number of nitrogens with one attached hydrogen (secondary N) is 1. The van der Waals surface area contributed by atoms with Gasteiger partial charge in [-0.2, -0.15) is 0 Å². The molecule has 0 aliphatic heterocycles. The minimum Gasteiger partial charge on any atom is -0.320 e. The van der Waals surface area contributed by atoms with Crippen LogP contribution in [0.2, 0.25) is 0 Å². The van der Waals surface area contributed by atoms with E-state index in [-0.39, 0.29) is 0 Å². The first kappa shape index (κ1) is 10.7. The second-order valence-electron chi connectivity index (χ2n) is 4.58. The van der Waals surface area contributed by atoms with E-state index in [4.69, 9.17) is 0 Å². The first-order valence-corrected chi connectivity index (χ1v) is 6.13. The fraction of sp³-hybridized carbons (Fsp3) is 0.571. The molecule has 1 N–H and O–H groups in total.